The number of carbonyl (C=O) groups excluding carboxylic acids is 1. The molecule has 4 heteroatoms. The lowest BCUT2D eigenvalue weighted by molar-refractivity contribution is -0.149. The minimum Gasteiger partial charge on any atom is -0.459 e. The van der Waals surface area contributed by atoms with Crippen LogP contribution in [0.4, 0.5) is 0 Å². The van der Waals surface area contributed by atoms with Gasteiger partial charge in [0.1, 0.15) is 6.10 Å². The van der Waals surface area contributed by atoms with Gasteiger partial charge in [0.05, 0.1) is 12.5 Å². The molecule has 0 aromatic carbocycles. The van der Waals surface area contributed by atoms with Gasteiger partial charge in [0.25, 0.3) is 0 Å². The van der Waals surface area contributed by atoms with Crippen LogP contribution in [0.2, 0.25) is 0 Å². The van der Waals surface area contributed by atoms with Gasteiger partial charge in [0, 0.05) is 6.42 Å². The van der Waals surface area contributed by atoms with Crippen molar-refractivity contribution in [3.05, 3.63) is 0 Å². The molecule has 0 aliphatic rings. The molecule has 1 N–H and O–H groups in total. The zero-order chi connectivity index (χ0) is 10.1. The van der Waals surface area contributed by atoms with E-state index in [4.69, 9.17) is 21.4 Å². The summed E-state index contributed by atoms with van der Waals surface area (Å²) in [5.41, 5.74) is 0. The summed E-state index contributed by atoms with van der Waals surface area (Å²) in [5.74, 6) is -0.121. The average molecular weight is 209 g/mol. The number of ether oxygens (including phenoxy) is 1. The Balaban J connectivity index is 3.48. The number of alkyl halides is 1. The Hall–Kier alpha value is -0.280. The normalized spacial score (nSPS) is 12.5. The fourth-order valence-corrected chi connectivity index (χ4v) is 1.04. The second kappa shape index (κ2) is 8.32. The Bertz CT molecular complexity index is 135. The molecule has 0 bridgehead atoms. The van der Waals surface area contributed by atoms with Gasteiger partial charge in [-0.3, -0.25) is 4.79 Å². The molecule has 0 aliphatic carbocycles. The highest BCUT2D eigenvalue weighted by Gasteiger charge is 2.11. The molecule has 0 aliphatic heterocycles. The maximum absolute atomic E-state index is 11.1. The lowest BCUT2D eigenvalue weighted by Gasteiger charge is -2.11. The lowest BCUT2D eigenvalue weighted by atomic mass is 10.2. The van der Waals surface area contributed by atoms with Crippen LogP contribution < -0.4 is 0 Å². The smallest absolute Gasteiger partial charge is 0.306 e. The molecule has 1 unspecified atom stereocenters. The van der Waals surface area contributed by atoms with Crippen LogP contribution in [0.25, 0.3) is 0 Å². The average Bonchev–Trinajstić information content (AvgIpc) is 2.14. The van der Waals surface area contributed by atoms with Crippen molar-refractivity contribution in [3.8, 4) is 0 Å². The number of hydrogen-bond acceptors (Lipinski definition) is 3. The van der Waals surface area contributed by atoms with Crippen molar-refractivity contribution >= 4 is 17.6 Å². The minimum absolute atomic E-state index is 0.149. The van der Waals surface area contributed by atoms with E-state index in [-0.39, 0.29) is 18.5 Å². The predicted octanol–water partition coefficient (Wildman–Crippen LogP) is 1.71. The van der Waals surface area contributed by atoms with Crippen molar-refractivity contribution < 1.29 is 14.6 Å². The van der Waals surface area contributed by atoms with Crippen molar-refractivity contribution in [2.75, 3.05) is 12.5 Å². The summed E-state index contributed by atoms with van der Waals surface area (Å²) in [6, 6.07) is 0. The highest BCUT2D eigenvalue weighted by Crippen LogP contribution is 2.03. The Morgan fingerprint density at radius 1 is 1.54 bits per heavy atom. The third kappa shape index (κ3) is 6.84. The Morgan fingerprint density at radius 2 is 2.23 bits per heavy atom. The maximum Gasteiger partial charge on any atom is 0.306 e. The van der Waals surface area contributed by atoms with Crippen LogP contribution in [-0.4, -0.2) is 29.7 Å². The van der Waals surface area contributed by atoms with Gasteiger partial charge in [-0.25, -0.2) is 0 Å². The monoisotopic (exact) mass is 208 g/mol. The van der Waals surface area contributed by atoms with Crippen LogP contribution in [0.5, 0.6) is 0 Å². The van der Waals surface area contributed by atoms with Gasteiger partial charge >= 0.3 is 5.97 Å². The molecule has 0 amide bonds. The number of carbonyl (C=O) groups is 1. The Labute approximate surface area is 84.0 Å². The fraction of sp³-hybridized carbons (Fsp3) is 0.889. The molecule has 0 aromatic rings. The summed E-state index contributed by atoms with van der Waals surface area (Å²) in [7, 11) is 0. The molecule has 13 heavy (non-hydrogen) atoms. The maximum atomic E-state index is 11.1. The molecular formula is C9H17ClO3. The minimum atomic E-state index is -0.546. The SMILES string of the molecule is CCCCCC(=O)OC(CO)CCl. The number of unbranched alkanes of at least 4 members (excludes halogenated alkanes) is 2. The molecule has 0 saturated heterocycles. The molecule has 0 heterocycles. The van der Waals surface area contributed by atoms with E-state index in [1.807, 2.05) is 0 Å². The van der Waals surface area contributed by atoms with Crippen LogP contribution in [0.3, 0.4) is 0 Å². The van der Waals surface area contributed by atoms with Crippen molar-refractivity contribution in [2.24, 2.45) is 0 Å². The number of hydrogen-bond donors (Lipinski definition) is 1. The molecule has 78 valence electrons. The molecule has 0 saturated carbocycles. The first-order valence-electron chi connectivity index (χ1n) is 4.60. The van der Waals surface area contributed by atoms with Crippen LogP contribution in [0.1, 0.15) is 32.6 Å². The van der Waals surface area contributed by atoms with Crippen LogP contribution in [0.15, 0.2) is 0 Å². The highest BCUT2D eigenvalue weighted by molar-refractivity contribution is 6.18. The summed E-state index contributed by atoms with van der Waals surface area (Å²) >= 11 is 5.44. The second-order valence-electron chi connectivity index (χ2n) is 2.91. The number of aliphatic hydroxyl groups is 1. The highest BCUT2D eigenvalue weighted by atomic mass is 35.5. The number of aliphatic hydroxyl groups excluding tert-OH is 1. The number of halogens is 1. The topological polar surface area (TPSA) is 46.5 Å². The van der Waals surface area contributed by atoms with E-state index in [2.05, 4.69) is 6.92 Å². The lowest BCUT2D eigenvalue weighted by Crippen LogP contribution is -2.23. The van der Waals surface area contributed by atoms with E-state index in [0.717, 1.165) is 19.3 Å². The van der Waals surface area contributed by atoms with Gasteiger partial charge in [-0.05, 0) is 6.42 Å². The molecule has 3 nitrogen and oxygen atoms in total. The summed E-state index contributed by atoms with van der Waals surface area (Å²) in [4.78, 5) is 11.1. The third-order valence-corrected chi connectivity index (χ3v) is 2.00. The van der Waals surface area contributed by atoms with Crippen molar-refractivity contribution in [3.63, 3.8) is 0 Å². The first-order valence-corrected chi connectivity index (χ1v) is 5.14. The fourth-order valence-electron chi connectivity index (χ4n) is 0.882. The Morgan fingerprint density at radius 3 is 2.69 bits per heavy atom. The van der Waals surface area contributed by atoms with Crippen LogP contribution in [0, 0.1) is 0 Å². The van der Waals surface area contributed by atoms with E-state index in [1.165, 1.54) is 0 Å². The molecule has 0 radical (unpaired) electrons. The van der Waals surface area contributed by atoms with Gasteiger partial charge in [-0.1, -0.05) is 19.8 Å². The standard InChI is InChI=1S/C9H17ClO3/c1-2-3-4-5-9(12)13-8(6-10)7-11/h8,11H,2-7H2,1H3. The number of esters is 1. The Kier molecular flexibility index (Phi) is 8.14. The van der Waals surface area contributed by atoms with Crippen LogP contribution >= 0.6 is 11.6 Å². The largest absolute Gasteiger partial charge is 0.459 e. The van der Waals surface area contributed by atoms with Crippen molar-refractivity contribution in [2.45, 2.75) is 38.7 Å². The van der Waals surface area contributed by atoms with E-state index >= 15 is 0 Å². The van der Waals surface area contributed by atoms with Crippen molar-refractivity contribution in [1.82, 2.24) is 0 Å². The van der Waals surface area contributed by atoms with E-state index < -0.39 is 6.10 Å². The summed E-state index contributed by atoms with van der Waals surface area (Å²) in [5, 5.41) is 8.68. The molecule has 0 rings (SSSR count). The second-order valence-corrected chi connectivity index (χ2v) is 3.21. The van der Waals surface area contributed by atoms with Gasteiger partial charge in [-0.15, -0.1) is 11.6 Å². The zero-order valence-electron chi connectivity index (χ0n) is 7.96. The zero-order valence-corrected chi connectivity index (χ0v) is 8.72. The van der Waals surface area contributed by atoms with Gasteiger partial charge in [-0.2, -0.15) is 0 Å². The van der Waals surface area contributed by atoms with E-state index in [0.29, 0.717) is 6.42 Å². The van der Waals surface area contributed by atoms with Crippen LogP contribution in [-0.2, 0) is 9.53 Å². The summed E-state index contributed by atoms with van der Waals surface area (Å²) in [6.45, 7) is 1.86. The van der Waals surface area contributed by atoms with E-state index in [1.54, 1.807) is 0 Å². The van der Waals surface area contributed by atoms with E-state index in [9.17, 15) is 4.79 Å². The summed E-state index contributed by atoms with van der Waals surface area (Å²) in [6.07, 6.45) is 2.82. The molecular weight excluding hydrogens is 192 g/mol. The molecule has 0 fully saturated rings. The predicted molar refractivity (Wildman–Crippen MR) is 51.8 cm³/mol. The van der Waals surface area contributed by atoms with Gasteiger partial charge in [0.2, 0.25) is 0 Å². The summed E-state index contributed by atoms with van der Waals surface area (Å²) < 4.78 is 4.87. The molecule has 0 aromatic heterocycles. The number of rotatable bonds is 7. The quantitative estimate of drug-likeness (QED) is 0.394. The van der Waals surface area contributed by atoms with Gasteiger partial charge < -0.3 is 9.84 Å². The molecule has 0 spiro atoms. The molecule has 1 atom stereocenters. The van der Waals surface area contributed by atoms with Crippen molar-refractivity contribution in [1.29, 1.82) is 0 Å². The third-order valence-electron chi connectivity index (χ3n) is 1.66. The first-order chi connectivity index (χ1) is 6.24. The van der Waals surface area contributed by atoms with Gasteiger partial charge in [0.15, 0.2) is 0 Å². The first kappa shape index (κ1) is 12.7.